The summed E-state index contributed by atoms with van der Waals surface area (Å²) in [5.74, 6) is 0.111. The standard InChI is InChI=1S/C21H22N2O2/c24-16-10-12-23(13-11-16)20(15-6-2-1-3-7-15)21(25)18-14-22-19-9-5-4-8-17(18)19/h1-9,14,16,20,22,24H,10-13H2. The number of Topliss-reactive ketones (excluding diaryl/α,β-unsaturated/α-hetero) is 1. The molecule has 0 bridgehead atoms. The molecule has 1 unspecified atom stereocenters. The molecule has 4 heteroatoms. The third-order valence-electron chi connectivity index (χ3n) is 5.08. The number of aromatic amines is 1. The van der Waals surface area contributed by atoms with E-state index in [9.17, 15) is 9.90 Å². The van der Waals surface area contributed by atoms with E-state index in [1.165, 1.54) is 0 Å². The van der Waals surface area contributed by atoms with Crippen molar-refractivity contribution in [1.29, 1.82) is 0 Å². The van der Waals surface area contributed by atoms with Crippen LogP contribution in [0.5, 0.6) is 0 Å². The first-order valence-corrected chi connectivity index (χ1v) is 8.81. The van der Waals surface area contributed by atoms with E-state index in [1.54, 1.807) is 0 Å². The molecule has 1 aliphatic heterocycles. The van der Waals surface area contributed by atoms with Gasteiger partial charge in [-0.3, -0.25) is 9.69 Å². The number of aliphatic hydroxyl groups is 1. The predicted octanol–water partition coefficient (Wildman–Crippen LogP) is 3.55. The monoisotopic (exact) mass is 334 g/mol. The number of para-hydroxylation sites is 1. The van der Waals surface area contributed by atoms with E-state index in [2.05, 4.69) is 9.88 Å². The van der Waals surface area contributed by atoms with Crippen molar-refractivity contribution in [2.75, 3.05) is 13.1 Å². The van der Waals surface area contributed by atoms with Crippen LogP contribution in [0, 0.1) is 0 Å². The van der Waals surface area contributed by atoms with Gasteiger partial charge in [-0.2, -0.15) is 0 Å². The number of ketones is 1. The van der Waals surface area contributed by atoms with E-state index in [0.29, 0.717) is 12.8 Å². The summed E-state index contributed by atoms with van der Waals surface area (Å²) in [6, 6.07) is 17.5. The summed E-state index contributed by atoms with van der Waals surface area (Å²) >= 11 is 0. The van der Waals surface area contributed by atoms with Gasteiger partial charge >= 0.3 is 0 Å². The van der Waals surface area contributed by atoms with E-state index in [1.807, 2.05) is 60.8 Å². The molecule has 2 heterocycles. The molecule has 1 atom stereocenters. The van der Waals surface area contributed by atoms with E-state index in [-0.39, 0.29) is 17.9 Å². The Bertz CT molecular complexity index is 864. The molecule has 0 saturated carbocycles. The van der Waals surface area contributed by atoms with Gasteiger partial charge in [0.05, 0.1) is 12.1 Å². The fraction of sp³-hybridized carbons (Fsp3) is 0.286. The number of aromatic nitrogens is 1. The van der Waals surface area contributed by atoms with Gasteiger partial charge < -0.3 is 10.1 Å². The van der Waals surface area contributed by atoms with Crippen LogP contribution in [0.3, 0.4) is 0 Å². The fourth-order valence-corrected chi connectivity index (χ4v) is 3.73. The zero-order chi connectivity index (χ0) is 17.2. The number of hydrogen-bond acceptors (Lipinski definition) is 3. The highest BCUT2D eigenvalue weighted by atomic mass is 16.3. The van der Waals surface area contributed by atoms with E-state index < -0.39 is 0 Å². The number of hydrogen-bond donors (Lipinski definition) is 2. The molecule has 2 aromatic carbocycles. The van der Waals surface area contributed by atoms with Gasteiger partial charge in [-0.25, -0.2) is 0 Å². The Labute approximate surface area is 147 Å². The molecule has 25 heavy (non-hydrogen) atoms. The second kappa shape index (κ2) is 6.82. The summed E-state index contributed by atoms with van der Waals surface area (Å²) in [5.41, 5.74) is 2.72. The number of carbonyl (C=O) groups excluding carboxylic acids is 1. The molecule has 1 saturated heterocycles. The Kier molecular flexibility index (Phi) is 4.38. The van der Waals surface area contributed by atoms with Crippen LogP contribution in [0.25, 0.3) is 10.9 Å². The highest BCUT2D eigenvalue weighted by molar-refractivity contribution is 6.10. The topological polar surface area (TPSA) is 56.3 Å². The van der Waals surface area contributed by atoms with Crippen LogP contribution in [-0.2, 0) is 0 Å². The molecule has 128 valence electrons. The first kappa shape index (κ1) is 16.1. The number of aliphatic hydroxyl groups excluding tert-OH is 1. The molecule has 3 aromatic rings. The summed E-state index contributed by atoms with van der Waals surface area (Å²) in [6.45, 7) is 1.46. The Morgan fingerprint density at radius 1 is 1.04 bits per heavy atom. The molecule has 1 aromatic heterocycles. The number of rotatable bonds is 4. The van der Waals surface area contributed by atoms with Gasteiger partial charge in [0, 0.05) is 35.8 Å². The summed E-state index contributed by atoms with van der Waals surface area (Å²) in [6.07, 6.45) is 2.99. The minimum absolute atomic E-state index is 0.111. The maximum Gasteiger partial charge on any atom is 0.186 e. The van der Waals surface area contributed by atoms with Crippen LogP contribution in [0.4, 0.5) is 0 Å². The molecule has 0 aliphatic carbocycles. The predicted molar refractivity (Wildman–Crippen MR) is 98.6 cm³/mol. The van der Waals surface area contributed by atoms with Crippen LogP contribution < -0.4 is 0 Å². The summed E-state index contributed by atoms with van der Waals surface area (Å²) in [5, 5.41) is 10.8. The second-order valence-corrected chi connectivity index (χ2v) is 6.69. The van der Waals surface area contributed by atoms with E-state index in [0.717, 1.165) is 35.1 Å². The molecule has 2 N–H and O–H groups in total. The van der Waals surface area contributed by atoms with Crippen molar-refractivity contribution in [2.24, 2.45) is 0 Å². The van der Waals surface area contributed by atoms with E-state index in [4.69, 9.17) is 0 Å². The summed E-state index contributed by atoms with van der Waals surface area (Å²) in [7, 11) is 0. The third-order valence-corrected chi connectivity index (χ3v) is 5.08. The van der Waals surface area contributed by atoms with Gasteiger partial charge in [-0.1, -0.05) is 48.5 Å². The molecule has 0 amide bonds. The first-order chi connectivity index (χ1) is 12.2. The molecule has 4 nitrogen and oxygen atoms in total. The maximum atomic E-state index is 13.5. The lowest BCUT2D eigenvalue weighted by molar-refractivity contribution is 0.0513. The van der Waals surface area contributed by atoms with Gasteiger partial charge in [0.25, 0.3) is 0 Å². The molecule has 1 aliphatic rings. The Morgan fingerprint density at radius 2 is 1.72 bits per heavy atom. The number of carbonyl (C=O) groups is 1. The maximum absolute atomic E-state index is 13.5. The molecule has 4 rings (SSSR count). The quantitative estimate of drug-likeness (QED) is 0.718. The van der Waals surface area contributed by atoms with E-state index >= 15 is 0 Å². The summed E-state index contributed by atoms with van der Waals surface area (Å²) in [4.78, 5) is 18.9. The van der Waals surface area contributed by atoms with Crippen molar-refractivity contribution in [2.45, 2.75) is 25.0 Å². The Morgan fingerprint density at radius 3 is 2.48 bits per heavy atom. The minimum Gasteiger partial charge on any atom is -0.393 e. The number of fused-ring (bicyclic) bond motifs is 1. The van der Waals surface area contributed by atoms with Crippen molar-refractivity contribution in [3.05, 3.63) is 71.9 Å². The average molecular weight is 334 g/mol. The number of benzene rings is 2. The molecular formula is C21H22N2O2. The fourth-order valence-electron chi connectivity index (χ4n) is 3.73. The van der Waals surface area contributed by atoms with Crippen LogP contribution in [0.15, 0.2) is 60.8 Å². The number of nitrogens with zero attached hydrogens (tertiary/aromatic N) is 1. The van der Waals surface area contributed by atoms with Crippen LogP contribution in [0.2, 0.25) is 0 Å². The smallest absolute Gasteiger partial charge is 0.186 e. The van der Waals surface area contributed by atoms with Gasteiger partial charge in [0.1, 0.15) is 0 Å². The lowest BCUT2D eigenvalue weighted by Gasteiger charge is -2.35. The number of likely N-dealkylation sites (tertiary alicyclic amines) is 1. The normalized spacial score (nSPS) is 17.6. The van der Waals surface area contributed by atoms with Crippen molar-refractivity contribution in [1.82, 2.24) is 9.88 Å². The second-order valence-electron chi connectivity index (χ2n) is 6.69. The van der Waals surface area contributed by atoms with Crippen molar-refractivity contribution in [3.8, 4) is 0 Å². The summed E-state index contributed by atoms with van der Waals surface area (Å²) < 4.78 is 0. The SMILES string of the molecule is O=C(c1c[nH]c2ccccc12)C(c1ccccc1)N1CCC(O)CC1. The minimum atomic E-state index is -0.312. The van der Waals surface area contributed by atoms with Crippen molar-refractivity contribution in [3.63, 3.8) is 0 Å². The number of H-pyrrole nitrogens is 1. The lowest BCUT2D eigenvalue weighted by atomic mass is 9.93. The lowest BCUT2D eigenvalue weighted by Crippen LogP contribution is -2.41. The van der Waals surface area contributed by atoms with Gasteiger partial charge in [0.15, 0.2) is 5.78 Å². The van der Waals surface area contributed by atoms with Crippen LogP contribution in [-0.4, -0.2) is 40.0 Å². The average Bonchev–Trinajstić information content (AvgIpc) is 3.08. The zero-order valence-electron chi connectivity index (χ0n) is 14.1. The third kappa shape index (κ3) is 3.11. The van der Waals surface area contributed by atoms with Crippen molar-refractivity contribution >= 4 is 16.7 Å². The molecule has 0 radical (unpaired) electrons. The number of nitrogens with one attached hydrogen (secondary N) is 1. The van der Waals surface area contributed by atoms with Crippen molar-refractivity contribution < 1.29 is 9.90 Å². The van der Waals surface area contributed by atoms with Gasteiger partial charge in [-0.15, -0.1) is 0 Å². The van der Waals surface area contributed by atoms with Gasteiger partial charge in [-0.05, 0) is 24.5 Å². The molecule has 1 fully saturated rings. The Hall–Kier alpha value is -2.43. The largest absolute Gasteiger partial charge is 0.393 e. The first-order valence-electron chi connectivity index (χ1n) is 8.81. The highest BCUT2D eigenvalue weighted by Gasteiger charge is 2.32. The zero-order valence-corrected chi connectivity index (χ0v) is 14.1. The number of piperidine rings is 1. The van der Waals surface area contributed by atoms with Crippen LogP contribution in [0.1, 0.15) is 34.8 Å². The van der Waals surface area contributed by atoms with Gasteiger partial charge in [0.2, 0.25) is 0 Å². The highest BCUT2D eigenvalue weighted by Crippen LogP contribution is 2.30. The molecular weight excluding hydrogens is 312 g/mol. The molecule has 0 spiro atoms. The van der Waals surface area contributed by atoms with Crippen LogP contribution >= 0.6 is 0 Å². The Balaban J connectivity index is 1.73.